The molecule has 3 fully saturated rings. The first kappa shape index (κ1) is 25.1. The molecular formula is C30H38O7. The van der Waals surface area contributed by atoms with E-state index in [0.29, 0.717) is 18.4 Å². The van der Waals surface area contributed by atoms with E-state index < -0.39 is 45.7 Å². The van der Waals surface area contributed by atoms with Crippen molar-refractivity contribution in [2.45, 2.75) is 102 Å². The Morgan fingerprint density at radius 3 is 2.62 bits per heavy atom. The van der Waals surface area contributed by atoms with Gasteiger partial charge in [-0.25, -0.2) is 4.79 Å². The lowest BCUT2D eigenvalue weighted by molar-refractivity contribution is -0.248. The lowest BCUT2D eigenvalue weighted by Gasteiger charge is -2.59. The van der Waals surface area contributed by atoms with Crippen LogP contribution in [-0.2, 0) is 28.6 Å². The number of fused-ring (bicyclic) bond motifs is 3. The molecule has 0 aromatic rings. The van der Waals surface area contributed by atoms with Crippen LogP contribution in [0.5, 0.6) is 0 Å². The Morgan fingerprint density at radius 1 is 1.16 bits per heavy atom. The van der Waals surface area contributed by atoms with E-state index >= 15 is 0 Å². The number of carbonyl (C=O) groups is 3. The molecule has 2 bridgehead atoms. The fraction of sp³-hybridized carbons (Fsp3) is 0.700. The Hall–Kier alpha value is -2.25. The molecule has 0 unspecified atom stereocenters. The van der Waals surface area contributed by atoms with Gasteiger partial charge in [-0.15, -0.1) is 0 Å². The van der Waals surface area contributed by atoms with Gasteiger partial charge < -0.3 is 19.3 Å². The SMILES string of the molecule is CC(=O)OCC1=C(C)C[C@H]([C@@]2(C)O[C@@]34CC[C@]2(O)[C@@]3(C)CC[C@H]2[C@H]4CC=C3CC=CC(=O)[C@@]32C)OC1=O. The second-order valence-electron chi connectivity index (χ2n) is 12.8. The Balaban J connectivity index is 1.38. The molecule has 7 heteroatoms. The van der Waals surface area contributed by atoms with Crippen LogP contribution in [0.25, 0.3) is 0 Å². The Kier molecular flexibility index (Phi) is 5.19. The minimum atomic E-state index is -1.18. The average Bonchev–Trinajstić information content (AvgIpc) is 3.16. The van der Waals surface area contributed by atoms with Gasteiger partial charge in [-0.1, -0.05) is 30.2 Å². The molecule has 0 radical (unpaired) electrons. The number of allylic oxidation sites excluding steroid dienone is 4. The first-order valence-corrected chi connectivity index (χ1v) is 13.7. The van der Waals surface area contributed by atoms with Crippen LogP contribution in [0.15, 0.2) is 34.9 Å². The van der Waals surface area contributed by atoms with E-state index in [0.717, 1.165) is 37.7 Å². The van der Waals surface area contributed by atoms with Gasteiger partial charge in [-0.05, 0) is 77.2 Å². The number of aliphatic hydroxyl groups is 1. The van der Waals surface area contributed by atoms with Crippen molar-refractivity contribution in [2.75, 3.05) is 6.61 Å². The van der Waals surface area contributed by atoms with Gasteiger partial charge >= 0.3 is 11.9 Å². The zero-order valence-electron chi connectivity index (χ0n) is 22.5. The molecule has 2 saturated carbocycles. The average molecular weight is 511 g/mol. The third-order valence-electron chi connectivity index (χ3n) is 11.6. The van der Waals surface area contributed by atoms with Crippen LogP contribution in [0.3, 0.4) is 0 Å². The third-order valence-corrected chi connectivity index (χ3v) is 11.6. The van der Waals surface area contributed by atoms with Gasteiger partial charge in [0.15, 0.2) is 5.78 Å². The molecule has 200 valence electrons. The quantitative estimate of drug-likeness (QED) is 0.450. The molecule has 2 aliphatic heterocycles. The fourth-order valence-corrected chi connectivity index (χ4v) is 9.43. The standard InChI is InChI=1S/C30H38O7/c1-17-15-24(36-25(33)20(17)16-35-18(2)31)28(5)30(34)14-13-29(37-28)22-10-9-19-7-6-8-23(32)27(19,4)21(22)11-12-26(29,30)3/h6,8-9,21-22,24,34H,7,10-16H2,1-5H3/t21-,22+,24+,26-,27-,28+,29+,30-/m0/s1. The topological polar surface area (TPSA) is 99.1 Å². The second-order valence-corrected chi connectivity index (χ2v) is 12.8. The van der Waals surface area contributed by atoms with Crippen LogP contribution in [0.1, 0.15) is 79.6 Å². The molecule has 0 aromatic carbocycles. The predicted octanol–water partition coefficient (Wildman–Crippen LogP) is 4.13. The number of hydrogen-bond acceptors (Lipinski definition) is 7. The van der Waals surface area contributed by atoms with Crippen LogP contribution < -0.4 is 0 Å². The number of hydrogen-bond donors (Lipinski definition) is 1. The van der Waals surface area contributed by atoms with Crippen LogP contribution in [-0.4, -0.2) is 52.3 Å². The Bertz CT molecular complexity index is 1200. The number of rotatable bonds is 3. The summed E-state index contributed by atoms with van der Waals surface area (Å²) in [4.78, 5) is 37.6. The van der Waals surface area contributed by atoms with E-state index in [4.69, 9.17) is 14.2 Å². The predicted molar refractivity (Wildman–Crippen MR) is 134 cm³/mol. The van der Waals surface area contributed by atoms with Crippen molar-refractivity contribution in [2.24, 2.45) is 22.7 Å². The summed E-state index contributed by atoms with van der Waals surface area (Å²) in [6.45, 7) is 9.22. The summed E-state index contributed by atoms with van der Waals surface area (Å²) >= 11 is 0. The molecule has 37 heavy (non-hydrogen) atoms. The van der Waals surface area contributed by atoms with Gasteiger partial charge in [-0.2, -0.15) is 0 Å². The highest BCUT2D eigenvalue weighted by atomic mass is 16.6. The minimum Gasteiger partial charge on any atom is -0.461 e. The summed E-state index contributed by atoms with van der Waals surface area (Å²) in [5.74, 6) is -0.553. The second kappa shape index (κ2) is 7.66. The van der Waals surface area contributed by atoms with E-state index in [9.17, 15) is 19.5 Å². The molecule has 0 spiro atoms. The van der Waals surface area contributed by atoms with Crippen molar-refractivity contribution in [3.8, 4) is 0 Å². The van der Waals surface area contributed by atoms with Gasteiger partial charge in [0.2, 0.25) is 0 Å². The molecule has 0 amide bonds. The number of carbonyl (C=O) groups excluding carboxylic acids is 3. The third kappa shape index (κ3) is 2.82. The number of ketones is 1. The van der Waals surface area contributed by atoms with Crippen molar-refractivity contribution in [3.63, 3.8) is 0 Å². The zero-order chi connectivity index (χ0) is 26.6. The molecule has 1 saturated heterocycles. The molecule has 6 rings (SSSR count). The normalized spacial score (nSPS) is 48.2. The minimum absolute atomic E-state index is 0.0989. The largest absolute Gasteiger partial charge is 0.461 e. The number of ether oxygens (including phenoxy) is 3. The smallest absolute Gasteiger partial charge is 0.337 e. The molecule has 2 heterocycles. The Labute approximate surface area is 218 Å². The van der Waals surface area contributed by atoms with Crippen molar-refractivity contribution >= 4 is 17.7 Å². The summed E-state index contributed by atoms with van der Waals surface area (Å²) in [6.07, 6.45) is 10.3. The molecule has 1 N–H and O–H groups in total. The molecular weight excluding hydrogens is 472 g/mol. The fourth-order valence-electron chi connectivity index (χ4n) is 9.43. The van der Waals surface area contributed by atoms with Gasteiger partial charge in [0.05, 0.1) is 16.6 Å². The molecule has 6 aliphatic rings. The van der Waals surface area contributed by atoms with Crippen LogP contribution >= 0.6 is 0 Å². The van der Waals surface area contributed by atoms with Crippen LogP contribution in [0.4, 0.5) is 0 Å². The van der Waals surface area contributed by atoms with Gasteiger partial charge in [-0.3, -0.25) is 9.59 Å². The first-order valence-electron chi connectivity index (χ1n) is 13.7. The van der Waals surface area contributed by atoms with E-state index in [1.165, 1.54) is 12.5 Å². The van der Waals surface area contributed by atoms with Crippen molar-refractivity contribution in [1.29, 1.82) is 0 Å². The highest BCUT2D eigenvalue weighted by Gasteiger charge is 2.84. The van der Waals surface area contributed by atoms with Gasteiger partial charge in [0.1, 0.15) is 23.9 Å². The molecule has 7 nitrogen and oxygen atoms in total. The van der Waals surface area contributed by atoms with E-state index in [-0.39, 0.29) is 24.2 Å². The molecule has 0 aromatic heterocycles. The lowest BCUT2D eigenvalue weighted by Crippen LogP contribution is -2.63. The Morgan fingerprint density at radius 2 is 1.92 bits per heavy atom. The van der Waals surface area contributed by atoms with Crippen molar-refractivity contribution < 1.29 is 33.7 Å². The first-order chi connectivity index (χ1) is 17.3. The van der Waals surface area contributed by atoms with E-state index in [1.54, 1.807) is 6.08 Å². The molecule has 4 aliphatic carbocycles. The van der Waals surface area contributed by atoms with Gasteiger partial charge in [0, 0.05) is 18.8 Å². The van der Waals surface area contributed by atoms with E-state index in [2.05, 4.69) is 19.9 Å². The van der Waals surface area contributed by atoms with Gasteiger partial charge in [0.25, 0.3) is 0 Å². The molecule has 8 atom stereocenters. The number of cyclic esters (lactones) is 1. The number of esters is 2. The maximum Gasteiger partial charge on any atom is 0.337 e. The summed E-state index contributed by atoms with van der Waals surface area (Å²) in [5.41, 5.74) is -1.56. The summed E-state index contributed by atoms with van der Waals surface area (Å²) in [5, 5.41) is 12.5. The van der Waals surface area contributed by atoms with E-state index in [1.807, 2.05) is 19.9 Å². The summed E-state index contributed by atoms with van der Waals surface area (Å²) in [7, 11) is 0. The maximum absolute atomic E-state index is 13.3. The van der Waals surface area contributed by atoms with Crippen molar-refractivity contribution in [3.05, 3.63) is 34.9 Å². The van der Waals surface area contributed by atoms with Crippen molar-refractivity contribution in [1.82, 2.24) is 0 Å². The summed E-state index contributed by atoms with van der Waals surface area (Å²) < 4.78 is 18.2. The van der Waals surface area contributed by atoms with Crippen LogP contribution in [0, 0.1) is 22.7 Å². The van der Waals surface area contributed by atoms with Crippen LogP contribution in [0.2, 0.25) is 0 Å². The monoisotopic (exact) mass is 510 g/mol. The zero-order valence-corrected chi connectivity index (χ0v) is 22.5. The highest BCUT2D eigenvalue weighted by Crippen LogP contribution is 2.77. The lowest BCUT2D eigenvalue weighted by atomic mass is 9.46. The maximum atomic E-state index is 13.3. The highest BCUT2D eigenvalue weighted by molar-refractivity contribution is 5.98. The summed E-state index contributed by atoms with van der Waals surface area (Å²) in [6, 6.07) is 0.